The number of aryl methyl sites for hydroxylation is 1. The second kappa shape index (κ2) is 6.47. The number of nitrogens with one attached hydrogen (secondary N) is 1. The monoisotopic (exact) mass is 292 g/mol. The minimum atomic E-state index is -0.257. The third kappa shape index (κ3) is 3.77. The third-order valence-electron chi connectivity index (χ3n) is 2.60. The van der Waals surface area contributed by atoms with Crippen molar-refractivity contribution in [3.63, 3.8) is 0 Å². The van der Waals surface area contributed by atoms with Gasteiger partial charge in [0.25, 0.3) is 0 Å². The summed E-state index contributed by atoms with van der Waals surface area (Å²) < 4.78 is 10.1. The number of hydrogen-bond donors (Lipinski definition) is 1. The molecule has 5 nitrogen and oxygen atoms in total. The van der Waals surface area contributed by atoms with E-state index in [0.29, 0.717) is 5.88 Å². The highest BCUT2D eigenvalue weighted by Gasteiger charge is 2.16. The van der Waals surface area contributed by atoms with Gasteiger partial charge in [0, 0.05) is 11.0 Å². The Balaban J connectivity index is 1.96. The van der Waals surface area contributed by atoms with Crippen LogP contribution in [0.15, 0.2) is 39.8 Å². The van der Waals surface area contributed by atoms with Crippen molar-refractivity contribution in [2.45, 2.75) is 24.0 Å². The molecular weight excluding hydrogens is 276 g/mol. The molecule has 1 atom stereocenters. The van der Waals surface area contributed by atoms with Crippen LogP contribution in [-0.4, -0.2) is 23.4 Å². The number of methoxy groups -OCH3 is 1. The molecule has 20 heavy (non-hydrogen) atoms. The van der Waals surface area contributed by atoms with Crippen LogP contribution in [-0.2, 0) is 4.79 Å². The highest BCUT2D eigenvalue weighted by molar-refractivity contribution is 8.00. The number of benzene rings is 1. The van der Waals surface area contributed by atoms with E-state index in [9.17, 15) is 4.79 Å². The van der Waals surface area contributed by atoms with Gasteiger partial charge >= 0.3 is 0 Å². The van der Waals surface area contributed by atoms with Gasteiger partial charge in [0.2, 0.25) is 11.8 Å². The molecule has 0 radical (unpaired) electrons. The molecule has 6 heteroatoms. The number of hydrogen-bond acceptors (Lipinski definition) is 5. The largest absolute Gasteiger partial charge is 0.497 e. The lowest BCUT2D eigenvalue weighted by molar-refractivity contribution is -0.115. The fourth-order valence-corrected chi connectivity index (χ4v) is 2.49. The molecule has 0 saturated carbocycles. The number of thioether (sulfide) groups is 1. The predicted octanol–water partition coefficient (Wildman–Crippen LogP) is 3.11. The number of anilines is 1. The number of amides is 1. The fourth-order valence-electron chi connectivity index (χ4n) is 1.58. The van der Waals surface area contributed by atoms with Crippen molar-refractivity contribution >= 4 is 23.6 Å². The third-order valence-corrected chi connectivity index (χ3v) is 3.69. The molecule has 0 spiro atoms. The van der Waals surface area contributed by atoms with Crippen molar-refractivity contribution < 1.29 is 14.1 Å². The van der Waals surface area contributed by atoms with E-state index in [0.717, 1.165) is 16.3 Å². The van der Waals surface area contributed by atoms with Gasteiger partial charge in [-0.25, -0.2) is 0 Å². The molecule has 2 rings (SSSR count). The van der Waals surface area contributed by atoms with Crippen LogP contribution >= 0.6 is 11.8 Å². The SMILES string of the molecule is COc1cccc(S[C@H](C)C(=O)Nc2cc(C)no2)c1. The van der Waals surface area contributed by atoms with Crippen molar-refractivity contribution in [3.05, 3.63) is 36.0 Å². The highest BCUT2D eigenvalue weighted by Crippen LogP contribution is 2.27. The average molecular weight is 292 g/mol. The number of ether oxygens (including phenoxy) is 1. The topological polar surface area (TPSA) is 64.4 Å². The molecule has 0 fully saturated rings. The molecule has 0 saturated heterocycles. The van der Waals surface area contributed by atoms with Crippen LogP contribution in [0.2, 0.25) is 0 Å². The van der Waals surface area contributed by atoms with Crippen molar-refractivity contribution in [3.8, 4) is 5.75 Å². The Hall–Kier alpha value is -1.95. The Morgan fingerprint density at radius 2 is 2.25 bits per heavy atom. The lowest BCUT2D eigenvalue weighted by Crippen LogP contribution is -2.22. The quantitative estimate of drug-likeness (QED) is 0.858. The van der Waals surface area contributed by atoms with E-state index >= 15 is 0 Å². The fraction of sp³-hybridized carbons (Fsp3) is 0.286. The second-order valence-corrected chi connectivity index (χ2v) is 5.68. The summed E-state index contributed by atoms with van der Waals surface area (Å²) in [5.41, 5.74) is 0.730. The van der Waals surface area contributed by atoms with Crippen LogP contribution in [0.5, 0.6) is 5.75 Å². The van der Waals surface area contributed by atoms with Gasteiger partial charge in [-0.2, -0.15) is 0 Å². The molecule has 1 N–H and O–H groups in total. The highest BCUT2D eigenvalue weighted by atomic mass is 32.2. The van der Waals surface area contributed by atoms with Crippen LogP contribution < -0.4 is 10.1 Å². The zero-order chi connectivity index (χ0) is 14.5. The van der Waals surface area contributed by atoms with Gasteiger partial charge in [-0.15, -0.1) is 11.8 Å². The smallest absolute Gasteiger partial charge is 0.239 e. The Labute approximate surface area is 121 Å². The molecule has 0 bridgehead atoms. The molecule has 1 heterocycles. The second-order valence-electron chi connectivity index (χ2n) is 4.26. The number of nitrogens with zero attached hydrogens (tertiary/aromatic N) is 1. The van der Waals surface area contributed by atoms with E-state index in [2.05, 4.69) is 10.5 Å². The maximum absolute atomic E-state index is 12.0. The van der Waals surface area contributed by atoms with Gasteiger partial charge < -0.3 is 9.26 Å². The Kier molecular flexibility index (Phi) is 4.68. The van der Waals surface area contributed by atoms with E-state index in [1.807, 2.05) is 31.2 Å². The summed E-state index contributed by atoms with van der Waals surface area (Å²) in [6, 6.07) is 9.28. The van der Waals surface area contributed by atoms with Crippen molar-refractivity contribution in [2.75, 3.05) is 12.4 Å². The first-order valence-corrected chi connectivity index (χ1v) is 7.01. The summed E-state index contributed by atoms with van der Waals surface area (Å²) in [6.45, 7) is 3.64. The summed E-state index contributed by atoms with van der Waals surface area (Å²) in [7, 11) is 1.62. The summed E-state index contributed by atoms with van der Waals surface area (Å²) in [4.78, 5) is 13.0. The Morgan fingerprint density at radius 3 is 2.90 bits per heavy atom. The standard InChI is InChI=1S/C14H16N2O3S/c1-9-7-13(19-16-9)15-14(17)10(2)20-12-6-4-5-11(8-12)18-3/h4-8,10H,1-3H3,(H,15,17)/t10-/m1/s1. The van der Waals surface area contributed by atoms with Crippen LogP contribution in [0.25, 0.3) is 0 Å². The van der Waals surface area contributed by atoms with Crippen molar-refractivity contribution in [1.82, 2.24) is 5.16 Å². The molecule has 0 aliphatic heterocycles. The molecule has 106 valence electrons. The van der Waals surface area contributed by atoms with E-state index in [1.54, 1.807) is 20.1 Å². The van der Waals surface area contributed by atoms with Gasteiger partial charge in [0.05, 0.1) is 18.1 Å². The van der Waals surface area contributed by atoms with E-state index in [-0.39, 0.29) is 11.2 Å². The summed E-state index contributed by atoms with van der Waals surface area (Å²) >= 11 is 1.45. The van der Waals surface area contributed by atoms with Crippen LogP contribution in [0, 0.1) is 6.92 Å². The number of rotatable bonds is 5. The zero-order valence-corrected chi connectivity index (χ0v) is 12.4. The molecule has 2 aromatic rings. The normalized spacial score (nSPS) is 11.9. The summed E-state index contributed by atoms with van der Waals surface area (Å²) in [5, 5.41) is 6.16. The van der Waals surface area contributed by atoms with E-state index in [4.69, 9.17) is 9.26 Å². The zero-order valence-electron chi connectivity index (χ0n) is 11.5. The minimum Gasteiger partial charge on any atom is -0.497 e. The molecule has 1 aromatic heterocycles. The molecule has 0 unspecified atom stereocenters. The first kappa shape index (κ1) is 14.5. The number of aromatic nitrogens is 1. The van der Waals surface area contributed by atoms with Gasteiger partial charge in [-0.1, -0.05) is 11.2 Å². The number of carbonyl (C=O) groups excluding carboxylic acids is 1. The summed E-state index contributed by atoms with van der Waals surface area (Å²) in [6.07, 6.45) is 0. The van der Waals surface area contributed by atoms with Gasteiger partial charge in [-0.05, 0) is 32.0 Å². The Morgan fingerprint density at radius 1 is 1.45 bits per heavy atom. The van der Waals surface area contributed by atoms with Gasteiger partial charge in [0.15, 0.2) is 0 Å². The maximum Gasteiger partial charge on any atom is 0.239 e. The molecule has 0 aliphatic rings. The average Bonchev–Trinajstić information content (AvgIpc) is 2.84. The van der Waals surface area contributed by atoms with Gasteiger partial charge in [-0.3, -0.25) is 10.1 Å². The van der Waals surface area contributed by atoms with Crippen LogP contribution in [0.3, 0.4) is 0 Å². The minimum absolute atomic E-state index is 0.131. The molecule has 0 aliphatic carbocycles. The molecule has 1 aromatic carbocycles. The van der Waals surface area contributed by atoms with E-state index < -0.39 is 0 Å². The number of carbonyl (C=O) groups is 1. The van der Waals surface area contributed by atoms with Crippen LogP contribution in [0.1, 0.15) is 12.6 Å². The van der Waals surface area contributed by atoms with Crippen molar-refractivity contribution in [2.24, 2.45) is 0 Å². The van der Waals surface area contributed by atoms with Crippen molar-refractivity contribution in [1.29, 1.82) is 0 Å². The summed E-state index contributed by atoms with van der Waals surface area (Å²) in [5.74, 6) is 1.01. The molecule has 1 amide bonds. The van der Waals surface area contributed by atoms with Crippen LogP contribution in [0.4, 0.5) is 5.88 Å². The molecular formula is C14H16N2O3S. The lowest BCUT2D eigenvalue weighted by atomic mass is 10.3. The van der Waals surface area contributed by atoms with E-state index in [1.165, 1.54) is 11.8 Å². The first-order valence-electron chi connectivity index (χ1n) is 6.13. The Bertz CT molecular complexity index is 598. The van der Waals surface area contributed by atoms with Gasteiger partial charge in [0.1, 0.15) is 5.75 Å². The first-order chi connectivity index (χ1) is 9.58. The lowest BCUT2D eigenvalue weighted by Gasteiger charge is -2.10. The predicted molar refractivity (Wildman–Crippen MR) is 78.2 cm³/mol. The maximum atomic E-state index is 12.0.